The second-order valence-corrected chi connectivity index (χ2v) is 13.4. The molecule has 9 heteroatoms. The highest BCUT2D eigenvalue weighted by Crippen LogP contribution is 2.41. The van der Waals surface area contributed by atoms with E-state index < -0.39 is 24.7 Å². The predicted octanol–water partition coefficient (Wildman–Crippen LogP) is 6.42. The van der Waals surface area contributed by atoms with Crippen molar-refractivity contribution in [3.8, 4) is 0 Å². The summed E-state index contributed by atoms with van der Waals surface area (Å²) < 4.78 is 29.6. The maximum atomic E-state index is 14.1. The number of alkyl halides is 1. The summed E-state index contributed by atoms with van der Waals surface area (Å²) in [5.41, 5.74) is 7.37. The second-order valence-electron chi connectivity index (χ2n) is 13.4. The van der Waals surface area contributed by atoms with Gasteiger partial charge in [-0.3, -0.25) is 9.59 Å². The number of halogens is 1. The molecule has 0 bridgehead atoms. The van der Waals surface area contributed by atoms with Crippen LogP contribution in [0.2, 0.25) is 0 Å². The minimum absolute atomic E-state index is 0.0825. The average molecular weight is 627 g/mol. The fourth-order valence-electron chi connectivity index (χ4n) is 7.98. The first-order valence-electron chi connectivity index (χ1n) is 17.3. The Morgan fingerprint density at radius 1 is 1.00 bits per heavy atom. The van der Waals surface area contributed by atoms with Crippen LogP contribution in [0.1, 0.15) is 100 Å². The number of unbranched alkanes of at least 4 members (excludes halogenated alkanes) is 1. The number of ketones is 1. The Morgan fingerprint density at radius 3 is 2.49 bits per heavy atom. The fraction of sp³-hybridized carbons (Fsp3) is 0.694. The van der Waals surface area contributed by atoms with Gasteiger partial charge in [0.05, 0.1) is 12.6 Å². The van der Waals surface area contributed by atoms with Crippen LogP contribution in [0.3, 0.4) is 0 Å². The smallest absolute Gasteiger partial charge is 0.374 e. The van der Waals surface area contributed by atoms with Gasteiger partial charge < -0.3 is 24.5 Å². The van der Waals surface area contributed by atoms with E-state index in [0.29, 0.717) is 50.7 Å². The van der Waals surface area contributed by atoms with E-state index in [1.165, 1.54) is 19.3 Å². The molecule has 2 aliphatic carbocycles. The van der Waals surface area contributed by atoms with Crippen molar-refractivity contribution in [3.05, 3.63) is 35.6 Å². The van der Waals surface area contributed by atoms with Gasteiger partial charge in [-0.25, -0.2) is 9.18 Å². The maximum Gasteiger partial charge on any atom is 0.374 e. The summed E-state index contributed by atoms with van der Waals surface area (Å²) in [6, 6.07) is 6.38. The Morgan fingerprint density at radius 2 is 1.76 bits per heavy atom. The van der Waals surface area contributed by atoms with Crippen LogP contribution in [0.5, 0.6) is 0 Å². The third kappa shape index (κ3) is 8.33. The summed E-state index contributed by atoms with van der Waals surface area (Å²) in [4.78, 5) is 42.5. The van der Waals surface area contributed by atoms with Crippen molar-refractivity contribution in [2.24, 2.45) is 29.4 Å². The van der Waals surface area contributed by atoms with Gasteiger partial charge in [-0.05, 0) is 93.4 Å². The standard InChI is InChI=1S/C36H51FN2O6/c1-2-43-18-6-7-19-44-36(42)33-22-28-20-24(10-15-32(28)45-33)21-31(40)34-29(25-8-4-3-5-9-25)16-17-39(34)35(41)27-13-11-26(12-14-27)30(38)23-37/h10,15,20,22,25-27,29-30,34H,2-9,11-14,16-19,21,23,38H2,1H3/t26?,27?,29-,30+,34-/m0/s1. The monoisotopic (exact) mass is 626 g/mol. The second kappa shape index (κ2) is 16.2. The Kier molecular flexibility index (Phi) is 12.1. The highest BCUT2D eigenvalue weighted by Gasteiger charge is 2.46. The summed E-state index contributed by atoms with van der Waals surface area (Å²) >= 11 is 0. The van der Waals surface area contributed by atoms with Crippen LogP contribution in [0.4, 0.5) is 4.39 Å². The van der Waals surface area contributed by atoms with E-state index in [0.717, 1.165) is 55.9 Å². The Labute approximate surface area is 266 Å². The lowest BCUT2D eigenvalue weighted by Crippen LogP contribution is -2.48. The molecule has 0 unspecified atom stereocenters. The molecule has 2 heterocycles. The molecular weight excluding hydrogens is 575 g/mol. The number of carbonyl (C=O) groups is 3. The highest BCUT2D eigenvalue weighted by atomic mass is 19.1. The van der Waals surface area contributed by atoms with Crippen molar-refractivity contribution in [1.29, 1.82) is 0 Å². The molecule has 2 saturated carbocycles. The normalized spacial score (nSPS) is 25.0. The lowest BCUT2D eigenvalue weighted by Gasteiger charge is -2.37. The minimum atomic E-state index is -0.527. The van der Waals surface area contributed by atoms with Crippen LogP contribution < -0.4 is 5.73 Å². The number of esters is 1. The number of carbonyl (C=O) groups excluding carboxylic acids is 3. The molecule has 1 amide bonds. The molecule has 2 N–H and O–H groups in total. The molecule has 0 spiro atoms. The van der Waals surface area contributed by atoms with Crippen LogP contribution in [0, 0.1) is 23.7 Å². The van der Waals surface area contributed by atoms with E-state index in [2.05, 4.69) is 0 Å². The zero-order chi connectivity index (χ0) is 31.8. The average Bonchev–Trinajstić information content (AvgIpc) is 3.71. The molecule has 3 fully saturated rings. The van der Waals surface area contributed by atoms with Crippen LogP contribution in [0.25, 0.3) is 11.0 Å². The predicted molar refractivity (Wildman–Crippen MR) is 171 cm³/mol. The number of hydrogen-bond acceptors (Lipinski definition) is 7. The molecule has 1 aliphatic heterocycles. The van der Waals surface area contributed by atoms with Gasteiger partial charge in [-0.2, -0.15) is 0 Å². The fourth-order valence-corrected chi connectivity index (χ4v) is 7.98. The van der Waals surface area contributed by atoms with Crippen molar-refractivity contribution < 1.29 is 32.7 Å². The molecule has 45 heavy (non-hydrogen) atoms. The highest BCUT2D eigenvalue weighted by molar-refractivity contribution is 5.94. The van der Waals surface area contributed by atoms with Gasteiger partial charge >= 0.3 is 5.97 Å². The van der Waals surface area contributed by atoms with Crippen LogP contribution in [-0.4, -0.2) is 67.7 Å². The Bertz CT molecular complexity index is 1280. The number of hydrogen-bond donors (Lipinski definition) is 1. The number of nitrogens with two attached hydrogens (primary N) is 1. The van der Waals surface area contributed by atoms with Gasteiger partial charge in [0.15, 0.2) is 5.78 Å². The van der Waals surface area contributed by atoms with Gasteiger partial charge in [0.25, 0.3) is 0 Å². The Hall–Kier alpha value is -2.78. The zero-order valence-corrected chi connectivity index (χ0v) is 26.9. The maximum absolute atomic E-state index is 14.1. The van der Waals surface area contributed by atoms with Gasteiger partial charge in [-0.1, -0.05) is 38.2 Å². The minimum Gasteiger partial charge on any atom is -0.460 e. The van der Waals surface area contributed by atoms with E-state index in [4.69, 9.17) is 19.6 Å². The first kappa shape index (κ1) is 33.6. The van der Waals surface area contributed by atoms with Crippen molar-refractivity contribution in [3.63, 3.8) is 0 Å². The lowest BCUT2D eigenvalue weighted by atomic mass is 9.75. The van der Waals surface area contributed by atoms with Gasteiger partial charge in [-0.15, -0.1) is 0 Å². The summed E-state index contributed by atoms with van der Waals surface area (Å²) in [7, 11) is 0. The number of amides is 1. The number of ether oxygens (including phenoxy) is 2. The molecule has 1 aromatic heterocycles. The van der Waals surface area contributed by atoms with Crippen molar-refractivity contribution in [1.82, 2.24) is 4.90 Å². The van der Waals surface area contributed by atoms with Crippen LogP contribution >= 0.6 is 0 Å². The number of fused-ring (bicyclic) bond motifs is 1. The van der Waals surface area contributed by atoms with Crippen LogP contribution in [-0.2, 0) is 25.5 Å². The molecule has 8 nitrogen and oxygen atoms in total. The number of nitrogens with zero attached hydrogens (tertiary/aromatic N) is 1. The van der Waals surface area contributed by atoms with Crippen molar-refractivity contribution in [2.45, 2.75) is 102 Å². The molecular formula is C36H51FN2O6. The van der Waals surface area contributed by atoms with Crippen molar-refractivity contribution in [2.75, 3.05) is 33.0 Å². The third-order valence-corrected chi connectivity index (χ3v) is 10.5. The Balaban J connectivity index is 1.25. The van der Waals surface area contributed by atoms with Gasteiger partial charge in [0.1, 0.15) is 12.3 Å². The molecule has 248 valence electrons. The molecule has 1 aromatic carbocycles. The zero-order valence-electron chi connectivity index (χ0n) is 26.9. The molecule has 0 radical (unpaired) electrons. The number of benzene rings is 1. The summed E-state index contributed by atoms with van der Waals surface area (Å²) in [6.07, 6.45) is 11.4. The van der Waals surface area contributed by atoms with Gasteiger partial charge in [0.2, 0.25) is 11.7 Å². The first-order valence-corrected chi connectivity index (χ1v) is 17.3. The summed E-state index contributed by atoms with van der Waals surface area (Å²) in [6.45, 7) is 3.66. The molecule has 3 aliphatic rings. The molecule has 2 aromatic rings. The van der Waals surface area contributed by atoms with E-state index in [1.807, 2.05) is 24.0 Å². The summed E-state index contributed by atoms with van der Waals surface area (Å²) in [5.74, 6) is 0.458. The van der Waals surface area contributed by atoms with Crippen LogP contribution in [0.15, 0.2) is 28.7 Å². The third-order valence-electron chi connectivity index (χ3n) is 10.5. The van der Waals surface area contributed by atoms with E-state index in [1.54, 1.807) is 12.1 Å². The van der Waals surface area contributed by atoms with Crippen molar-refractivity contribution >= 4 is 28.6 Å². The number of rotatable bonds is 14. The van der Waals surface area contributed by atoms with E-state index >= 15 is 0 Å². The first-order chi connectivity index (χ1) is 21.9. The van der Waals surface area contributed by atoms with E-state index in [9.17, 15) is 18.8 Å². The largest absolute Gasteiger partial charge is 0.460 e. The van der Waals surface area contributed by atoms with Gasteiger partial charge in [0, 0.05) is 43.5 Å². The SMILES string of the molecule is CCOCCCCOC(=O)c1cc2cc(CC(=O)[C@@H]3[C@H](C4CCCCC4)CCN3C(=O)C3CCC([C@H](N)CF)CC3)ccc2o1. The molecule has 3 atom stereocenters. The summed E-state index contributed by atoms with van der Waals surface area (Å²) in [5, 5.41) is 0.745. The topological polar surface area (TPSA) is 112 Å². The quantitative estimate of drug-likeness (QED) is 0.190. The number of likely N-dealkylation sites (tertiary alicyclic amines) is 1. The molecule has 5 rings (SSSR count). The molecule has 1 saturated heterocycles. The van der Waals surface area contributed by atoms with E-state index in [-0.39, 0.29) is 41.6 Å². The number of furan rings is 1. The number of Topliss-reactive ketones (excluding diaryl/α,β-unsaturated/α-hetero) is 1. The lowest BCUT2D eigenvalue weighted by molar-refractivity contribution is -0.143.